The van der Waals surface area contributed by atoms with Crippen molar-refractivity contribution in [3.63, 3.8) is 0 Å². The fraction of sp³-hybridized carbons (Fsp3) is 0.793. The Morgan fingerprint density at radius 2 is 1.20 bits per heavy atom. The first-order valence-electron chi connectivity index (χ1n) is 14.7. The quantitative estimate of drug-likeness (QED) is 0.0453. The van der Waals surface area contributed by atoms with Crippen molar-refractivity contribution in [1.82, 2.24) is 0 Å². The molecule has 11 heteroatoms. The fourth-order valence-corrected chi connectivity index (χ4v) is 4.51. The maximum absolute atomic E-state index is 12.0. The molecule has 0 saturated heterocycles. The van der Waals surface area contributed by atoms with E-state index in [9.17, 15) is 24.2 Å². The Morgan fingerprint density at radius 1 is 0.725 bits per heavy atom. The maximum atomic E-state index is 12.0. The van der Waals surface area contributed by atoms with Crippen molar-refractivity contribution < 1.29 is 47.8 Å². The second kappa shape index (κ2) is 26.4. The van der Waals surface area contributed by atoms with Crippen LogP contribution in [0.2, 0.25) is 0 Å². The van der Waals surface area contributed by atoms with Gasteiger partial charge in [0.1, 0.15) is 12.2 Å². The van der Waals surface area contributed by atoms with E-state index in [1.807, 2.05) is 0 Å². The van der Waals surface area contributed by atoms with E-state index >= 15 is 0 Å². The molecular formula is C29H53O10P. The number of ether oxygens (including phenoxy) is 2. The Balaban J connectivity index is 3.80. The van der Waals surface area contributed by atoms with Crippen LogP contribution in [0.25, 0.3) is 0 Å². The lowest BCUT2D eigenvalue weighted by atomic mass is 10.1. The average Bonchev–Trinajstić information content (AvgIpc) is 2.92. The molecule has 0 aromatic carbocycles. The van der Waals surface area contributed by atoms with Gasteiger partial charge in [-0.25, -0.2) is 4.57 Å². The number of phosphoric ester groups is 1. The van der Waals surface area contributed by atoms with E-state index in [0.29, 0.717) is 6.42 Å². The predicted octanol–water partition coefficient (Wildman–Crippen LogP) is 5.93. The van der Waals surface area contributed by atoms with E-state index in [0.717, 1.165) is 39.0 Å². The van der Waals surface area contributed by atoms with Gasteiger partial charge < -0.3 is 24.6 Å². The normalized spacial score (nSPS) is 14.8. The molecule has 0 fully saturated rings. The van der Waals surface area contributed by atoms with Crippen LogP contribution < -0.4 is 0 Å². The number of aliphatic hydroxyl groups excluding tert-OH is 2. The third kappa shape index (κ3) is 25.4. The molecular weight excluding hydrogens is 539 g/mol. The van der Waals surface area contributed by atoms with Gasteiger partial charge in [-0.3, -0.25) is 18.6 Å². The lowest BCUT2D eigenvalue weighted by Gasteiger charge is -2.20. The molecule has 0 aliphatic carbocycles. The molecule has 40 heavy (non-hydrogen) atoms. The molecule has 0 aliphatic rings. The smallest absolute Gasteiger partial charge is 0.458 e. The fourth-order valence-electron chi connectivity index (χ4n) is 3.73. The minimum atomic E-state index is -4.58. The van der Waals surface area contributed by atoms with Crippen LogP contribution in [-0.4, -0.2) is 65.7 Å². The van der Waals surface area contributed by atoms with Gasteiger partial charge in [0, 0.05) is 13.3 Å². The van der Waals surface area contributed by atoms with E-state index in [2.05, 4.69) is 35.8 Å². The molecule has 0 aliphatic heterocycles. The zero-order chi connectivity index (χ0) is 29.9. The van der Waals surface area contributed by atoms with Crippen LogP contribution in [0.15, 0.2) is 24.3 Å². The Kier molecular flexibility index (Phi) is 25.3. The van der Waals surface area contributed by atoms with Gasteiger partial charge >= 0.3 is 19.8 Å². The summed E-state index contributed by atoms with van der Waals surface area (Å²) in [7, 11) is -4.58. The molecule has 0 aromatic rings. The summed E-state index contributed by atoms with van der Waals surface area (Å²) in [5.74, 6) is -1.21. The molecule has 0 aromatic heterocycles. The Hall–Kier alpha value is -1.55. The summed E-state index contributed by atoms with van der Waals surface area (Å²) in [5.41, 5.74) is 0. The predicted molar refractivity (Wildman–Crippen MR) is 155 cm³/mol. The van der Waals surface area contributed by atoms with Crippen molar-refractivity contribution in [1.29, 1.82) is 0 Å². The van der Waals surface area contributed by atoms with E-state index in [-0.39, 0.29) is 6.42 Å². The first-order chi connectivity index (χ1) is 19.2. The summed E-state index contributed by atoms with van der Waals surface area (Å²) in [5, 5.41) is 18.5. The lowest BCUT2D eigenvalue weighted by molar-refractivity contribution is -0.153. The third-order valence-electron chi connectivity index (χ3n) is 5.97. The number of rotatable bonds is 27. The minimum Gasteiger partial charge on any atom is -0.458 e. The number of phosphoric acid groups is 1. The van der Waals surface area contributed by atoms with E-state index < -0.39 is 58.4 Å². The zero-order valence-corrected chi connectivity index (χ0v) is 25.4. The van der Waals surface area contributed by atoms with Crippen LogP contribution in [0.5, 0.6) is 0 Å². The van der Waals surface area contributed by atoms with E-state index in [1.165, 1.54) is 51.4 Å². The van der Waals surface area contributed by atoms with Crippen LogP contribution >= 0.6 is 7.82 Å². The molecule has 0 bridgehead atoms. The number of carbonyl (C=O) groups is 2. The van der Waals surface area contributed by atoms with Crippen molar-refractivity contribution in [3.05, 3.63) is 24.3 Å². The molecule has 3 unspecified atom stereocenters. The highest BCUT2D eigenvalue weighted by atomic mass is 31.2. The summed E-state index contributed by atoms with van der Waals surface area (Å²) in [6.07, 6.45) is 22.8. The van der Waals surface area contributed by atoms with Crippen LogP contribution in [-0.2, 0) is 32.7 Å². The molecule has 0 saturated carbocycles. The Bertz CT molecular complexity index is 740. The van der Waals surface area contributed by atoms with Gasteiger partial charge in [0.25, 0.3) is 0 Å². The summed E-state index contributed by atoms with van der Waals surface area (Å²) in [4.78, 5) is 32.6. The standard InChI is InChI=1S/C29H53O10P/c1-3-4-5-6-7-8-9-10-11-12-13-14-15-16-17-18-19-20-21-29(33)39-28(23-31)25-37-40(34,35)36-24-27(22-30)38-26(2)32/h8-9,11-12,27-28,30-31H,3-7,10,13-25H2,1-2H3,(H,34,35)/b9-8-,12-11-. The highest BCUT2D eigenvalue weighted by Crippen LogP contribution is 2.43. The van der Waals surface area contributed by atoms with Crippen molar-refractivity contribution >= 4 is 19.8 Å². The van der Waals surface area contributed by atoms with Gasteiger partial charge in [-0.15, -0.1) is 0 Å². The SMILES string of the molecule is CCCCCC/C=C\C/C=C\CCCCCCCCCC(=O)OC(CO)COP(=O)(O)OCC(CO)OC(C)=O. The van der Waals surface area contributed by atoms with Crippen LogP contribution in [0.3, 0.4) is 0 Å². The molecule has 0 heterocycles. The van der Waals surface area contributed by atoms with Crippen LogP contribution in [0, 0.1) is 0 Å². The number of aliphatic hydroxyl groups is 2. The first kappa shape index (κ1) is 38.5. The second-order valence-electron chi connectivity index (χ2n) is 9.81. The van der Waals surface area contributed by atoms with Gasteiger partial charge in [-0.1, -0.05) is 82.6 Å². The summed E-state index contributed by atoms with van der Waals surface area (Å²) in [6.45, 7) is 1.03. The summed E-state index contributed by atoms with van der Waals surface area (Å²) in [6, 6.07) is 0. The highest BCUT2D eigenvalue weighted by Gasteiger charge is 2.27. The lowest BCUT2D eigenvalue weighted by Crippen LogP contribution is -2.28. The van der Waals surface area contributed by atoms with Gasteiger partial charge in [0.2, 0.25) is 0 Å². The monoisotopic (exact) mass is 592 g/mol. The van der Waals surface area contributed by atoms with E-state index in [4.69, 9.17) is 19.1 Å². The summed E-state index contributed by atoms with van der Waals surface area (Å²) < 4.78 is 31.2. The second-order valence-corrected chi connectivity index (χ2v) is 11.3. The maximum Gasteiger partial charge on any atom is 0.472 e. The van der Waals surface area contributed by atoms with Gasteiger partial charge in [0.05, 0.1) is 26.4 Å². The highest BCUT2D eigenvalue weighted by molar-refractivity contribution is 7.47. The molecule has 0 rings (SSSR count). The van der Waals surface area contributed by atoms with Crippen LogP contribution in [0.1, 0.15) is 110 Å². The number of allylic oxidation sites excluding steroid dienone is 4. The minimum absolute atomic E-state index is 0.183. The molecule has 234 valence electrons. The first-order valence-corrected chi connectivity index (χ1v) is 16.2. The molecule has 0 spiro atoms. The molecule has 3 atom stereocenters. The Labute approximate surface area is 240 Å². The molecule has 0 amide bonds. The zero-order valence-electron chi connectivity index (χ0n) is 24.5. The number of unbranched alkanes of at least 4 members (excludes halogenated alkanes) is 11. The number of hydrogen-bond acceptors (Lipinski definition) is 9. The van der Waals surface area contributed by atoms with Crippen molar-refractivity contribution in [2.75, 3.05) is 26.4 Å². The largest absolute Gasteiger partial charge is 0.472 e. The third-order valence-corrected chi connectivity index (χ3v) is 6.92. The van der Waals surface area contributed by atoms with Gasteiger partial charge in [-0.05, 0) is 38.5 Å². The molecule has 10 nitrogen and oxygen atoms in total. The number of hydrogen-bond donors (Lipinski definition) is 3. The van der Waals surface area contributed by atoms with Crippen molar-refractivity contribution in [2.24, 2.45) is 0 Å². The van der Waals surface area contributed by atoms with Gasteiger partial charge in [0.15, 0.2) is 0 Å². The molecule has 3 N–H and O–H groups in total. The summed E-state index contributed by atoms with van der Waals surface area (Å²) >= 11 is 0. The number of esters is 2. The molecule has 0 radical (unpaired) electrons. The van der Waals surface area contributed by atoms with Crippen molar-refractivity contribution in [3.8, 4) is 0 Å². The van der Waals surface area contributed by atoms with E-state index in [1.54, 1.807) is 0 Å². The van der Waals surface area contributed by atoms with Gasteiger partial charge in [-0.2, -0.15) is 0 Å². The van der Waals surface area contributed by atoms with Crippen LogP contribution in [0.4, 0.5) is 0 Å². The Morgan fingerprint density at radius 3 is 1.70 bits per heavy atom. The van der Waals surface area contributed by atoms with Crippen molar-refractivity contribution in [2.45, 2.75) is 122 Å². The topological polar surface area (TPSA) is 149 Å². The average molecular weight is 593 g/mol. The number of carbonyl (C=O) groups excluding carboxylic acids is 2.